The number of rotatable bonds is 2. The maximum Gasteiger partial charge on any atom is 0.282 e. The molecule has 2 aliphatic heterocycles. The Kier molecular flexibility index (Phi) is 3.27. The normalized spacial score (nSPS) is 28.4. The van der Waals surface area contributed by atoms with E-state index < -0.39 is 10.2 Å². The number of hydrogen-bond donors (Lipinski definition) is 1. The van der Waals surface area contributed by atoms with Gasteiger partial charge in [-0.15, -0.1) is 0 Å². The molecule has 6 heteroatoms. The quantitative estimate of drug-likeness (QED) is 0.739. The van der Waals surface area contributed by atoms with E-state index in [0.29, 0.717) is 26.2 Å². The first-order valence-corrected chi connectivity index (χ1v) is 7.27. The molecule has 5 nitrogen and oxygen atoms in total. The van der Waals surface area contributed by atoms with Crippen molar-refractivity contribution in [1.82, 2.24) is 13.9 Å². The van der Waals surface area contributed by atoms with E-state index >= 15 is 0 Å². The molecule has 0 aromatic rings. The van der Waals surface area contributed by atoms with E-state index in [1.807, 2.05) is 0 Å². The third-order valence-electron chi connectivity index (χ3n) is 3.37. The van der Waals surface area contributed by atoms with Gasteiger partial charge in [-0.25, -0.2) is 0 Å². The van der Waals surface area contributed by atoms with Gasteiger partial charge in [-0.2, -0.15) is 17.0 Å². The van der Waals surface area contributed by atoms with Crippen LogP contribution in [-0.4, -0.2) is 56.3 Å². The molecule has 0 aliphatic carbocycles. The molecular formula is C10H21N3O2S. The molecule has 0 spiro atoms. The van der Waals surface area contributed by atoms with Gasteiger partial charge in [0.1, 0.15) is 0 Å². The summed E-state index contributed by atoms with van der Waals surface area (Å²) in [5.41, 5.74) is 0.126. The summed E-state index contributed by atoms with van der Waals surface area (Å²) in [4.78, 5) is 0. The van der Waals surface area contributed by atoms with Crippen molar-refractivity contribution in [2.24, 2.45) is 5.41 Å². The molecule has 0 saturated carbocycles. The van der Waals surface area contributed by atoms with Crippen LogP contribution in [0.25, 0.3) is 0 Å². The summed E-state index contributed by atoms with van der Waals surface area (Å²) in [6, 6.07) is 0. The molecule has 0 bridgehead atoms. The van der Waals surface area contributed by atoms with Gasteiger partial charge in [-0.05, 0) is 11.8 Å². The monoisotopic (exact) mass is 247 g/mol. The van der Waals surface area contributed by atoms with Crippen LogP contribution in [0.4, 0.5) is 0 Å². The Labute approximate surface area is 98.0 Å². The van der Waals surface area contributed by atoms with Crippen molar-refractivity contribution in [1.29, 1.82) is 0 Å². The largest absolute Gasteiger partial charge is 0.314 e. The van der Waals surface area contributed by atoms with Gasteiger partial charge in [0, 0.05) is 39.3 Å². The van der Waals surface area contributed by atoms with Gasteiger partial charge < -0.3 is 5.32 Å². The second kappa shape index (κ2) is 4.25. The molecule has 2 aliphatic rings. The minimum Gasteiger partial charge on any atom is -0.314 e. The smallest absolute Gasteiger partial charge is 0.282 e. The Bertz CT molecular complexity index is 347. The maximum absolute atomic E-state index is 12.3. The first-order chi connectivity index (χ1) is 7.42. The van der Waals surface area contributed by atoms with Gasteiger partial charge in [0.25, 0.3) is 10.2 Å². The predicted molar refractivity (Wildman–Crippen MR) is 63.3 cm³/mol. The topological polar surface area (TPSA) is 52.7 Å². The standard InChI is InChI=1S/C10H21N3O2S/c1-10(2)3-6-13(9-10)16(14,15)12-7-4-11-5-8-12/h11H,3-9H2,1-2H3. The number of piperazine rings is 1. The van der Waals surface area contributed by atoms with E-state index in [1.165, 1.54) is 0 Å². The van der Waals surface area contributed by atoms with Gasteiger partial charge >= 0.3 is 0 Å². The molecule has 16 heavy (non-hydrogen) atoms. The fourth-order valence-corrected chi connectivity index (χ4v) is 4.10. The van der Waals surface area contributed by atoms with Crippen molar-refractivity contribution < 1.29 is 8.42 Å². The van der Waals surface area contributed by atoms with Crippen molar-refractivity contribution in [3.8, 4) is 0 Å². The van der Waals surface area contributed by atoms with E-state index in [2.05, 4.69) is 19.2 Å². The van der Waals surface area contributed by atoms with E-state index in [1.54, 1.807) is 8.61 Å². The van der Waals surface area contributed by atoms with Crippen LogP contribution in [0.15, 0.2) is 0 Å². The summed E-state index contributed by atoms with van der Waals surface area (Å²) in [6.45, 7) is 8.28. The number of nitrogens with one attached hydrogen (secondary N) is 1. The zero-order valence-corrected chi connectivity index (χ0v) is 10.9. The van der Waals surface area contributed by atoms with Crippen LogP contribution in [0.1, 0.15) is 20.3 Å². The molecule has 0 aromatic carbocycles. The maximum atomic E-state index is 12.3. The van der Waals surface area contributed by atoms with Crippen LogP contribution in [0.2, 0.25) is 0 Å². The third kappa shape index (κ3) is 2.40. The van der Waals surface area contributed by atoms with Gasteiger partial charge in [0.15, 0.2) is 0 Å². The van der Waals surface area contributed by atoms with E-state index in [4.69, 9.17) is 0 Å². The Morgan fingerprint density at radius 3 is 2.19 bits per heavy atom. The van der Waals surface area contributed by atoms with Gasteiger partial charge in [-0.3, -0.25) is 0 Å². The molecule has 0 amide bonds. The van der Waals surface area contributed by atoms with Crippen LogP contribution in [0.3, 0.4) is 0 Å². The third-order valence-corrected chi connectivity index (χ3v) is 5.35. The highest BCUT2D eigenvalue weighted by Crippen LogP contribution is 2.31. The summed E-state index contributed by atoms with van der Waals surface area (Å²) in [5, 5.41) is 3.17. The zero-order valence-electron chi connectivity index (χ0n) is 10.1. The first-order valence-electron chi connectivity index (χ1n) is 5.88. The van der Waals surface area contributed by atoms with Crippen molar-refractivity contribution in [2.45, 2.75) is 20.3 Å². The van der Waals surface area contributed by atoms with Gasteiger partial charge in [0.05, 0.1) is 0 Å². The molecule has 0 unspecified atom stereocenters. The van der Waals surface area contributed by atoms with Crippen LogP contribution in [-0.2, 0) is 10.2 Å². The number of hydrogen-bond acceptors (Lipinski definition) is 3. The van der Waals surface area contributed by atoms with Crippen molar-refractivity contribution in [2.75, 3.05) is 39.3 Å². The highest BCUT2D eigenvalue weighted by Gasteiger charge is 2.39. The highest BCUT2D eigenvalue weighted by atomic mass is 32.2. The Morgan fingerprint density at radius 2 is 1.69 bits per heavy atom. The molecular weight excluding hydrogens is 226 g/mol. The first kappa shape index (κ1) is 12.3. The average Bonchev–Trinajstić information content (AvgIpc) is 2.61. The van der Waals surface area contributed by atoms with Crippen LogP contribution in [0.5, 0.6) is 0 Å². The minimum atomic E-state index is -3.21. The zero-order chi connectivity index (χ0) is 11.8. The number of nitrogens with zero attached hydrogens (tertiary/aromatic N) is 2. The lowest BCUT2D eigenvalue weighted by atomic mass is 9.93. The summed E-state index contributed by atoms with van der Waals surface area (Å²) in [6.07, 6.45) is 0.957. The Morgan fingerprint density at radius 1 is 1.06 bits per heavy atom. The molecule has 0 aromatic heterocycles. The lowest BCUT2D eigenvalue weighted by molar-refractivity contribution is 0.313. The predicted octanol–water partition coefficient (Wildman–Crippen LogP) is -0.132. The van der Waals surface area contributed by atoms with Crippen molar-refractivity contribution in [3.63, 3.8) is 0 Å². The molecule has 2 saturated heterocycles. The van der Waals surface area contributed by atoms with Gasteiger partial charge in [-0.1, -0.05) is 13.8 Å². The summed E-state index contributed by atoms with van der Waals surface area (Å²) < 4.78 is 27.8. The van der Waals surface area contributed by atoms with Gasteiger partial charge in [0.2, 0.25) is 0 Å². The lowest BCUT2D eigenvalue weighted by Crippen LogP contribution is -2.51. The van der Waals surface area contributed by atoms with Crippen molar-refractivity contribution in [3.05, 3.63) is 0 Å². The summed E-state index contributed by atoms with van der Waals surface area (Å²) in [7, 11) is -3.21. The lowest BCUT2D eigenvalue weighted by Gasteiger charge is -2.31. The SMILES string of the molecule is CC1(C)CCN(S(=O)(=O)N2CCNCC2)C1. The molecule has 94 valence electrons. The van der Waals surface area contributed by atoms with Crippen LogP contribution < -0.4 is 5.32 Å². The fourth-order valence-electron chi connectivity index (χ4n) is 2.30. The summed E-state index contributed by atoms with van der Waals surface area (Å²) >= 11 is 0. The van der Waals surface area contributed by atoms with Crippen LogP contribution in [0, 0.1) is 5.41 Å². The van der Waals surface area contributed by atoms with E-state index in [9.17, 15) is 8.42 Å². The molecule has 0 atom stereocenters. The Balaban J connectivity index is 2.07. The fraction of sp³-hybridized carbons (Fsp3) is 1.00. The van der Waals surface area contributed by atoms with Crippen molar-refractivity contribution >= 4 is 10.2 Å². The van der Waals surface area contributed by atoms with E-state index in [0.717, 1.165) is 19.5 Å². The Hall–Kier alpha value is -0.170. The molecule has 2 heterocycles. The average molecular weight is 247 g/mol. The second-order valence-corrected chi connectivity index (χ2v) is 7.33. The molecule has 1 N–H and O–H groups in total. The molecule has 2 fully saturated rings. The molecule has 2 rings (SSSR count). The van der Waals surface area contributed by atoms with E-state index in [-0.39, 0.29) is 5.41 Å². The summed E-state index contributed by atoms with van der Waals surface area (Å²) in [5.74, 6) is 0. The highest BCUT2D eigenvalue weighted by molar-refractivity contribution is 7.86. The second-order valence-electron chi connectivity index (χ2n) is 5.40. The van der Waals surface area contributed by atoms with Crippen LogP contribution >= 0.6 is 0 Å². The minimum absolute atomic E-state index is 0.126. The molecule has 0 radical (unpaired) electrons.